The number of aliphatic carboxylic acids is 1. The predicted octanol–water partition coefficient (Wildman–Crippen LogP) is 1.54. The molecule has 0 saturated heterocycles. The van der Waals surface area contributed by atoms with Crippen LogP contribution in [0.3, 0.4) is 0 Å². The van der Waals surface area contributed by atoms with E-state index in [-0.39, 0.29) is 12.5 Å². The first-order valence-corrected chi connectivity index (χ1v) is 5.50. The van der Waals surface area contributed by atoms with Crippen LogP contribution in [0.5, 0.6) is 5.88 Å². The largest absolute Gasteiger partial charge is 0.481 e. The number of methoxy groups -OCH3 is 1. The molecule has 2 N–H and O–H groups in total. The minimum absolute atomic E-state index is 0.0696. The Labute approximate surface area is 100 Å². The van der Waals surface area contributed by atoms with Gasteiger partial charge in [0.1, 0.15) is 12.1 Å². The average molecular weight is 239 g/mol. The van der Waals surface area contributed by atoms with Gasteiger partial charge in [0.05, 0.1) is 13.5 Å². The molecule has 17 heavy (non-hydrogen) atoms. The minimum atomic E-state index is -0.822. The summed E-state index contributed by atoms with van der Waals surface area (Å²) in [6.45, 7) is 2.01. The Bertz CT molecular complexity index is 371. The van der Waals surface area contributed by atoms with Crippen LogP contribution in [0.4, 0.5) is 5.82 Å². The van der Waals surface area contributed by atoms with Crippen molar-refractivity contribution in [3.63, 3.8) is 0 Å². The summed E-state index contributed by atoms with van der Waals surface area (Å²) in [6.07, 6.45) is 3.14. The number of rotatable bonds is 7. The lowest BCUT2D eigenvalue weighted by atomic mass is 10.1. The fourth-order valence-electron chi connectivity index (χ4n) is 1.52. The van der Waals surface area contributed by atoms with Crippen LogP contribution in [0, 0.1) is 0 Å². The topological polar surface area (TPSA) is 84.3 Å². The highest BCUT2D eigenvalue weighted by molar-refractivity contribution is 5.68. The number of carbonyl (C=O) groups is 1. The molecule has 6 nitrogen and oxygen atoms in total. The maximum Gasteiger partial charge on any atom is 0.305 e. The van der Waals surface area contributed by atoms with E-state index < -0.39 is 5.97 Å². The second-order valence-electron chi connectivity index (χ2n) is 3.67. The van der Waals surface area contributed by atoms with Gasteiger partial charge in [-0.1, -0.05) is 13.3 Å². The lowest BCUT2D eigenvalue weighted by molar-refractivity contribution is -0.137. The zero-order valence-corrected chi connectivity index (χ0v) is 10.0. The molecule has 0 saturated carbocycles. The molecule has 0 aliphatic heterocycles. The number of ether oxygens (including phenoxy) is 1. The molecule has 0 aliphatic rings. The molecule has 0 spiro atoms. The number of aromatic nitrogens is 2. The molecule has 0 bridgehead atoms. The minimum Gasteiger partial charge on any atom is -0.481 e. The first kappa shape index (κ1) is 13.2. The van der Waals surface area contributed by atoms with Gasteiger partial charge in [-0.15, -0.1) is 0 Å². The fraction of sp³-hybridized carbons (Fsp3) is 0.545. The molecule has 0 aliphatic carbocycles. The molecule has 0 fully saturated rings. The molecule has 6 heteroatoms. The first-order chi connectivity index (χ1) is 8.15. The van der Waals surface area contributed by atoms with E-state index in [2.05, 4.69) is 15.3 Å². The summed E-state index contributed by atoms with van der Waals surface area (Å²) >= 11 is 0. The van der Waals surface area contributed by atoms with Gasteiger partial charge in [0.15, 0.2) is 0 Å². The number of carboxylic acid groups (broad SMARTS) is 1. The highest BCUT2D eigenvalue weighted by Gasteiger charge is 2.13. The van der Waals surface area contributed by atoms with E-state index in [0.717, 1.165) is 12.8 Å². The summed E-state index contributed by atoms with van der Waals surface area (Å²) in [6, 6.07) is 1.52. The molecule has 94 valence electrons. The second kappa shape index (κ2) is 6.67. The fourth-order valence-corrected chi connectivity index (χ4v) is 1.52. The Morgan fingerprint density at radius 2 is 2.35 bits per heavy atom. The van der Waals surface area contributed by atoms with Crippen molar-refractivity contribution in [2.75, 3.05) is 12.4 Å². The van der Waals surface area contributed by atoms with Crippen LogP contribution in [0.2, 0.25) is 0 Å². The molecule has 1 unspecified atom stereocenters. The van der Waals surface area contributed by atoms with Crippen molar-refractivity contribution in [3.8, 4) is 5.88 Å². The van der Waals surface area contributed by atoms with Gasteiger partial charge in [0.25, 0.3) is 0 Å². The number of nitrogens with zero attached hydrogens (tertiary/aromatic N) is 2. The average Bonchev–Trinajstić information content (AvgIpc) is 2.29. The summed E-state index contributed by atoms with van der Waals surface area (Å²) in [5.41, 5.74) is 0. The van der Waals surface area contributed by atoms with E-state index in [1.54, 1.807) is 6.07 Å². The van der Waals surface area contributed by atoms with Crippen molar-refractivity contribution in [1.29, 1.82) is 0 Å². The van der Waals surface area contributed by atoms with Crippen molar-refractivity contribution in [2.45, 2.75) is 32.2 Å². The number of carboxylic acids is 1. The highest BCUT2D eigenvalue weighted by Crippen LogP contribution is 2.14. The normalized spacial score (nSPS) is 11.9. The van der Waals surface area contributed by atoms with Crippen LogP contribution >= 0.6 is 0 Å². The Morgan fingerprint density at radius 3 is 2.94 bits per heavy atom. The van der Waals surface area contributed by atoms with E-state index in [1.807, 2.05) is 6.92 Å². The summed E-state index contributed by atoms with van der Waals surface area (Å²) in [4.78, 5) is 18.6. The van der Waals surface area contributed by atoms with Gasteiger partial charge in [-0.25, -0.2) is 9.97 Å². The molecule has 1 atom stereocenters. The number of hydrogen-bond donors (Lipinski definition) is 2. The maximum atomic E-state index is 10.7. The third-order valence-corrected chi connectivity index (χ3v) is 2.26. The van der Waals surface area contributed by atoms with Gasteiger partial charge in [-0.2, -0.15) is 0 Å². The lowest BCUT2D eigenvalue weighted by Crippen LogP contribution is -2.23. The van der Waals surface area contributed by atoms with Crippen molar-refractivity contribution in [2.24, 2.45) is 0 Å². The summed E-state index contributed by atoms with van der Waals surface area (Å²) < 4.78 is 4.97. The van der Waals surface area contributed by atoms with E-state index in [4.69, 9.17) is 9.84 Å². The Kier molecular flexibility index (Phi) is 5.19. The van der Waals surface area contributed by atoms with Gasteiger partial charge < -0.3 is 15.2 Å². The van der Waals surface area contributed by atoms with E-state index >= 15 is 0 Å². The van der Waals surface area contributed by atoms with Gasteiger partial charge >= 0.3 is 5.97 Å². The highest BCUT2D eigenvalue weighted by atomic mass is 16.5. The van der Waals surface area contributed by atoms with Crippen molar-refractivity contribution < 1.29 is 14.6 Å². The zero-order valence-electron chi connectivity index (χ0n) is 10.0. The lowest BCUT2D eigenvalue weighted by Gasteiger charge is -2.16. The molecule has 0 amide bonds. The summed E-state index contributed by atoms with van der Waals surface area (Å²) in [5, 5.41) is 11.9. The van der Waals surface area contributed by atoms with Gasteiger partial charge in [0.2, 0.25) is 5.88 Å². The monoisotopic (exact) mass is 239 g/mol. The van der Waals surface area contributed by atoms with E-state index in [1.165, 1.54) is 13.4 Å². The van der Waals surface area contributed by atoms with E-state index in [9.17, 15) is 4.79 Å². The molecule has 0 aromatic carbocycles. The number of hydrogen-bond acceptors (Lipinski definition) is 5. The summed E-state index contributed by atoms with van der Waals surface area (Å²) in [5.74, 6) is 0.210. The number of anilines is 1. The molecular weight excluding hydrogens is 222 g/mol. The molecule has 1 rings (SSSR count). The van der Waals surface area contributed by atoms with Crippen molar-refractivity contribution in [1.82, 2.24) is 9.97 Å². The Balaban J connectivity index is 2.67. The van der Waals surface area contributed by atoms with Crippen LogP contribution in [-0.4, -0.2) is 34.2 Å². The molecule has 1 heterocycles. The predicted molar refractivity (Wildman–Crippen MR) is 63.2 cm³/mol. The molecule has 1 aromatic rings. The Hall–Kier alpha value is -1.85. The van der Waals surface area contributed by atoms with Crippen LogP contribution in [-0.2, 0) is 4.79 Å². The SMILES string of the molecule is CCCC(CC(=O)O)Nc1cc(OC)ncn1. The zero-order chi connectivity index (χ0) is 12.7. The van der Waals surface area contributed by atoms with Crippen molar-refractivity contribution >= 4 is 11.8 Å². The summed E-state index contributed by atoms with van der Waals surface area (Å²) in [7, 11) is 1.52. The molecule has 0 radical (unpaired) electrons. The third-order valence-electron chi connectivity index (χ3n) is 2.26. The molecular formula is C11H17N3O3. The van der Waals surface area contributed by atoms with Crippen molar-refractivity contribution in [3.05, 3.63) is 12.4 Å². The van der Waals surface area contributed by atoms with E-state index in [0.29, 0.717) is 11.7 Å². The van der Waals surface area contributed by atoms with Crippen LogP contribution in [0.25, 0.3) is 0 Å². The first-order valence-electron chi connectivity index (χ1n) is 5.50. The Morgan fingerprint density at radius 1 is 1.59 bits per heavy atom. The quantitative estimate of drug-likeness (QED) is 0.750. The smallest absolute Gasteiger partial charge is 0.305 e. The number of nitrogens with one attached hydrogen (secondary N) is 1. The van der Waals surface area contributed by atoms with Gasteiger partial charge in [0, 0.05) is 12.1 Å². The van der Waals surface area contributed by atoms with Crippen LogP contribution < -0.4 is 10.1 Å². The molecule has 1 aromatic heterocycles. The second-order valence-corrected chi connectivity index (χ2v) is 3.67. The third kappa shape index (κ3) is 4.67. The standard InChI is InChI=1S/C11H17N3O3/c1-3-4-8(5-11(15)16)14-9-6-10(17-2)13-7-12-9/h6-8H,3-5H2,1-2H3,(H,15,16)(H,12,13,14). The van der Waals surface area contributed by atoms with Gasteiger partial charge in [-0.3, -0.25) is 4.79 Å². The van der Waals surface area contributed by atoms with Crippen LogP contribution in [0.15, 0.2) is 12.4 Å². The maximum absolute atomic E-state index is 10.7. The van der Waals surface area contributed by atoms with Crippen LogP contribution in [0.1, 0.15) is 26.2 Å². The van der Waals surface area contributed by atoms with Gasteiger partial charge in [-0.05, 0) is 6.42 Å².